The van der Waals surface area contributed by atoms with E-state index < -0.39 is 15.6 Å². The Balaban J connectivity index is 1.66. The third-order valence-electron chi connectivity index (χ3n) is 5.59. The fraction of sp³-hybridized carbons (Fsp3) is 0.286. The lowest BCUT2D eigenvalue weighted by atomic mass is 9.94. The van der Waals surface area contributed by atoms with Gasteiger partial charge >= 0.3 is 0 Å². The highest BCUT2D eigenvalue weighted by Gasteiger charge is 2.25. The number of nitrogens with zero attached hydrogens (tertiary/aromatic N) is 5. The Morgan fingerprint density at radius 2 is 2.00 bits per heavy atom. The lowest BCUT2D eigenvalue weighted by Crippen LogP contribution is -2.23. The van der Waals surface area contributed by atoms with Crippen LogP contribution in [0.2, 0.25) is 0 Å². The number of rotatable bonds is 7. The van der Waals surface area contributed by atoms with Gasteiger partial charge in [0.05, 0.1) is 35.4 Å². The van der Waals surface area contributed by atoms with Crippen molar-refractivity contribution in [1.29, 1.82) is 0 Å². The first-order valence-corrected chi connectivity index (χ1v) is 11.3. The van der Waals surface area contributed by atoms with Gasteiger partial charge < -0.3 is 4.74 Å². The van der Waals surface area contributed by atoms with Gasteiger partial charge in [0.1, 0.15) is 4.90 Å². The summed E-state index contributed by atoms with van der Waals surface area (Å²) >= 11 is 0. The second-order valence-corrected chi connectivity index (χ2v) is 9.11. The van der Waals surface area contributed by atoms with Crippen LogP contribution in [0.5, 0.6) is 0 Å². The Kier molecular flexibility index (Phi) is 5.28. The SMILES string of the molecule is CCC(C)(OC)c1ccnc(-n2cc(S(=O)(=O)Nc3cccc4cnn(C)c34)cn2)c1. The molecule has 0 spiro atoms. The van der Waals surface area contributed by atoms with Crippen LogP contribution in [0, 0.1) is 0 Å². The monoisotopic (exact) mass is 440 g/mol. The Morgan fingerprint density at radius 3 is 2.74 bits per heavy atom. The Morgan fingerprint density at radius 1 is 1.19 bits per heavy atom. The lowest BCUT2D eigenvalue weighted by Gasteiger charge is -2.27. The van der Waals surface area contributed by atoms with Crippen LogP contribution in [-0.4, -0.2) is 40.1 Å². The van der Waals surface area contributed by atoms with Crippen LogP contribution in [0.3, 0.4) is 0 Å². The summed E-state index contributed by atoms with van der Waals surface area (Å²) in [6, 6.07) is 9.09. The smallest absolute Gasteiger partial charge is 0.265 e. The molecule has 162 valence electrons. The molecule has 3 heterocycles. The van der Waals surface area contributed by atoms with Crippen LogP contribution >= 0.6 is 0 Å². The lowest BCUT2D eigenvalue weighted by molar-refractivity contribution is -0.00147. The van der Waals surface area contributed by atoms with Gasteiger partial charge in [-0.1, -0.05) is 19.1 Å². The number of nitrogens with one attached hydrogen (secondary N) is 1. The molecule has 9 nitrogen and oxygen atoms in total. The maximum Gasteiger partial charge on any atom is 0.265 e. The molecule has 10 heteroatoms. The number of benzene rings is 1. The summed E-state index contributed by atoms with van der Waals surface area (Å²) in [5, 5.41) is 9.25. The van der Waals surface area contributed by atoms with Gasteiger partial charge in [-0.15, -0.1) is 0 Å². The van der Waals surface area contributed by atoms with Gasteiger partial charge in [0.15, 0.2) is 5.82 Å². The molecule has 31 heavy (non-hydrogen) atoms. The van der Waals surface area contributed by atoms with E-state index in [1.165, 1.54) is 17.1 Å². The van der Waals surface area contributed by atoms with Crippen LogP contribution in [-0.2, 0) is 27.4 Å². The van der Waals surface area contributed by atoms with Crippen molar-refractivity contribution in [1.82, 2.24) is 24.5 Å². The molecule has 0 saturated heterocycles. The van der Waals surface area contributed by atoms with Crippen molar-refractivity contribution < 1.29 is 13.2 Å². The number of anilines is 1. The van der Waals surface area contributed by atoms with Crippen molar-refractivity contribution in [2.24, 2.45) is 7.05 Å². The molecule has 1 aromatic carbocycles. The minimum absolute atomic E-state index is 0.0314. The number of para-hydroxylation sites is 1. The van der Waals surface area contributed by atoms with E-state index in [1.807, 2.05) is 32.0 Å². The first-order chi connectivity index (χ1) is 14.8. The van der Waals surface area contributed by atoms with Gasteiger partial charge in [0, 0.05) is 25.7 Å². The summed E-state index contributed by atoms with van der Waals surface area (Å²) in [6.45, 7) is 4.03. The Labute approximate surface area is 180 Å². The number of aromatic nitrogens is 5. The molecule has 4 aromatic rings. The van der Waals surface area contributed by atoms with E-state index >= 15 is 0 Å². The Bertz CT molecular complexity index is 1340. The Hall–Kier alpha value is -3.24. The van der Waals surface area contributed by atoms with Crippen molar-refractivity contribution in [2.75, 3.05) is 11.8 Å². The topological polar surface area (TPSA) is 104 Å². The number of aryl methyl sites for hydroxylation is 1. The summed E-state index contributed by atoms with van der Waals surface area (Å²) in [5.41, 5.74) is 1.61. The van der Waals surface area contributed by atoms with Crippen molar-refractivity contribution in [3.05, 3.63) is 60.7 Å². The van der Waals surface area contributed by atoms with Gasteiger partial charge in [-0.3, -0.25) is 9.40 Å². The first-order valence-electron chi connectivity index (χ1n) is 9.77. The van der Waals surface area contributed by atoms with Gasteiger partial charge in [-0.25, -0.2) is 18.1 Å². The van der Waals surface area contributed by atoms with Gasteiger partial charge in [0.25, 0.3) is 10.0 Å². The van der Waals surface area contributed by atoms with Crippen LogP contribution in [0.1, 0.15) is 25.8 Å². The second-order valence-electron chi connectivity index (χ2n) is 7.43. The number of methoxy groups -OCH3 is 1. The minimum Gasteiger partial charge on any atom is -0.374 e. The molecule has 0 aliphatic carbocycles. The molecule has 0 saturated carbocycles. The van der Waals surface area contributed by atoms with E-state index in [2.05, 4.69) is 19.9 Å². The molecule has 1 atom stereocenters. The largest absolute Gasteiger partial charge is 0.374 e. The molecule has 1 N–H and O–H groups in total. The number of hydrogen-bond donors (Lipinski definition) is 1. The molecule has 0 radical (unpaired) electrons. The molecular weight excluding hydrogens is 416 g/mol. The van der Waals surface area contributed by atoms with Crippen molar-refractivity contribution in [3.63, 3.8) is 0 Å². The summed E-state index contributed by atoms with van der Waals surface area (Å²) < 4.78 is 37.4. The molecule has 1 unspecified atom stereocenters. The quantitative estimate of drug-likeness (QED) is 0.473. The molecular formula is C21H24N6O3S. The highest BCUT2D eigenvalue weighted by atomic mass is 32.2. The van der Waals surface area contributed by atoms with Crippen molar-refractivity contribution in [2.45, 2.75) is 30.8 Å². The van der Waals surface area contributed by atoms with Gasteiger partial charge in [-0.05, 0) is 37.1 Å². The highest BCUT2D eigenvalue weighted by molar-refractivity contribution is 7.92. The summed E-state index contributed by atoms with van der Waals surface area (Å²) in [4.78, 5) is 4.37. The second kappa shape index (κ2) is 7.78. The molecule has 4 rings (SSSR count). The van der Waals surface area contributed by atoms with Crippen molar-refractivity contribution >= 4 is 26.6 Å². The minimum atomic E-state index is -3.86. The number of ether oxygens (including phenoxy) is 1. The normalized spacial score (nSPS) is 13.9. The van der Waals surface area contributed by atoms with Crippen LogP contribution in [0.15, 0.2) is 60.0 Å². The third kappa shape index (κ3) is 3.79. The zero-order chi connectivity index (χ0) is 22.2. The molecule has 0 bridgehead atoms. The zero-order valence-corrected chi connectivity index (χ0v) is 18.6. The predicted octanol–water partition coefficient (Wildman–Crippen LogP) is 3.23. The standard InChI is InChI=1S/C21H24N6O3S/c1-5-21(2,30-4)16-9-10-22-19(11-16)27-14-17(13-24-27)31(28,29)25-18-8-6-7-15-12-23-26(3)20(15)18/h6-14,25H,5H2,1-4H3. The molecule has 0 aliphatic rings. The van der Waals surface area contributed by atoms with E-state index in [9.17, 15) is 8.42 Å². The third-order valence-corrected chi connectivity index (χ3v) is 6.91. The van der Waals surface area contributed by atoms with Gasteiger partial charge in [0.2, 0.25) is 0 Å². The molecule has 0 fully saturated rings. The average molecular weight is 441 g/mol. The van der Waals surface area contributed by atoms with Crippen LogP contribution < -0.4 is 4.72 Å². The maximum absolute atomic E-state index is 13.0. The highest BCUT2D eigenvalue weighted by Crippen LogP contribution is 2.29. The zero-order valence-electron chi connectivity index (χ0n) is 17.8. The number of sulfonamides is 1. The number of hydrogen-bond acceptors (Lipinski definition) is 6. The fourth-order valence-corrected chi connectivity index (χ4v) is 4.43. The fourth-order valence-electron chi connectivity index (χ4n) is 3.43. The van der Waals surface area contributed by atoms with E-state index in [-0.39, 0.29) is 4.90 Å². The van der Waals surface area contributed by atoms with E-state index in [0.29, 0.717) is 17.0 Å². The van der Waals surface area contributed by atoms with E-state index in [4.69, 9.17) is 4.74 Å². The molecule has 3 aromatic heterocycles. The number of pyridine rings is 1. The van der Waals surface area contributed by atoms with Crippen LogP contribution in [0.25, 0.3) is 16.7 Å². The summed E-state index contributed by atoms with van der Waals surface area (Å²) in [7, 11) is -0.433. The molecule has 0 amide bonds. The van der Waals surface area contributed by atoms with E-state index in [1.54, 1.807) is 43.4 Å². The van der Waals surface area contributed by atoms with Crippen LogP contribution in [0.4, 0.5) is 5.69 Å². The summed E-state index contributed by atoms with van der Waals surface area (Å²) in [5.74, 6) is 0.504. The predicted molar refractivity (Wildman–Crippen MR) is 118 cm³/mol. The van der Waals surface area contributed by atoms with Gasteiger partial charge in [-0.2, -0.15) is 10.2 Å². The molecule has 0 aliphatic heterocycles. The van der Waals surface area contributed by atoms with Crippen molar-refractivity contribution in [3.8, 4) is 5.82 Å². The first kappa shape index (κ1) is 21.0. The average Bonchev–Trinajstić information content (AvgIpc) is 3.42. The maximum atomic E-state index is 13.0. The number of fused-ring (bicyclic) bond motifs is 1. The summed E-state index contributed by atoms with van der Waals surface area (Å²) in [6.07, 6.45) is 6.86. The van der Waals surface area contributed by atoms with E-state index in [0.717, 1.165) is 17.4 Å².